The number of halogens is 1. The van der Waals surface area contributed by atoms with Crippen LogP contribution >= 0.6 is 15.9 Å². The van der Waals surface area contributed by atoms with Crippen molar-refractivity contribution in [2.24, 2.45) is 0 Å². The van der Waals surface area contributed by atoms with Crippen LogP contribution in [0, 0.1) is 0 Å². The van der Waals surface area contributed by atoms with E-state index in [-0.39, 0.29) is 10.8 Å². The van der Waals surface area contributed by atoms with Gasteiger partial charge in [0, 0.05) is 5.33 Å². The molecule has 0 radical (unpaired) electrons. The number of rotatable bonds is 5. The van der Waals surface area contributed by atoms with Crippen LogP contribution in [0.4, 0.5) is 0 Å². The fourth-order valence-corrected chi connectivity index (χ4v) is 2.38. The second-order valence-corrected chi connectivity index (χ2v) is 5.27. The highest BCUT2D eigenvalue weighted by Crippen LogP contribution is 2.30. The van der Waals surface area contributed by atoms with Gasteiger partial charge in [0.15, 0.2) is 0 Å². The SMILES string of the molecule is CC(C)c1cccc(OCCBr)c1S(=O)[O-]. The first-order chi connectivity index (χ1) is 7.57. The van der Waals surface area contributed by atoms with Crippen LogP contribution < -0.4 is 4.74 Å². The molecule has 0 amide bonds. The van der Waals surface area contributed by atoms with E-state index in [1.54, 1.807) is 6.07 Å². The van der Waals surface area contributed by atoms with Crippen LogP contribution in [0.5, 0.6) is 5.75 Å². The molecule has 0 heterocycles. The molecule has 0 saturated heterocycles. The summed E-state index contributed by atoms with van der Waals surface area (Å²) < 4.78 is 27.8. The Labute approximate surface area is 107 Å². The van der Waals surface area contributed by atoms with E-state index in [4.69, 9.17) is 4.74 Å². The number of hydrogen-bond acceptors (Lipinski definition) is 3. The van der Waals surface area contributed by atoms with Gasteiger partial charge in [-0.3, -0.25) is 4.21 Å². The Bertz CT molecular complexity index is 379. The fraction of sp³-hybridized carbons (Fsp3) is 0.455. The summed E-state index contributed by atoms with van der Waals surface area (Å²) >= 11 is 0.971. The van der Waals surface area contributed by atoms with Gasteiger partial charge >= 0.3 is 0 Å². The highest BCUT2D eigenvalue weighted by atomic mass is 79.9. The summed E-state index contributed by atoms with van der Waals surface area (Å²) in [7, 11) is 0. The molecular weight excluding hydrogens is 292 g/mol. The standard InChI is InChI=1S/C11H15BrO3S/c1-8(2)9-4-3-5-10(15-7-6-12)11(9)16(13)14/h3-5,8H,6-7H2,1-2H3,(H,13,14)/p-1. The van der Waals surface area contributed by atoms with E-state index in [9.17, 15) is 8.76 Å². The molecule has 1 atom stereocenters. The van der Waals surface area contributed by atoms with Crippen molar-refractivity contribution in [1.82, 2.24) is 0 Å². The molecule has 0 fully saturated rings. The number of benzene rings is 1. The minimum absolute atomic E-state index is 0.153. The lowest BCUT2D eigenvalue weighted by Crippen LogP contribution is -2.05. The molecule has 1 aromatic carbocycles. The Morgan fingerprint density at radius 1 is 1.50 bits per heavy atom. The van der Waals surface area contributed by atoms with Gasteiger partial charge in [0.1, 0.15) is 5.75 Å². The van der Waals surface area contributed by atoms with E-state index in [0.717, 1.165) is 5.56 Å². The van der Waals surface area contributed by atoms with Crippen molar-refractivity contribution in [2.75, 3.05) is 11.9 Å². The molecule has 0 aliphatic rings. The summed E-state index contributed by atoms with van der Waals surface area (Å²) in [4.78, 5) is 0.276. The van der Waals surface area contributed by atoms with Gasteiger partial charge in [-0.05, 0) is 28.6 Å². The van der Waals surface area contributed by atoms with Gasteiger partial charge in [0.05, 0.1) is 11.5 Å². The Morgan fingerprint density at radius 3 is 2.69 bits per heavy atom. The van der Waals surface area contributed by atoms with Gasteiger partial charge < -0.3 is 9.29 Å². The average Bonchev–Trinajstić information content (AvgIpc) is 2.25. The third-order valence-electron chi connectivity index (χ3n) is 2.13. The van der Waals surface area contributed by atoms with Crippen molar-refractivity contribution in [1.29, 1.82) is 0 Å². The number of ether oxygens (including phenoxy) is 1. The van der Waals surface area contributed by atoms with Crippen molar-refractivity contribution in [3.8, 4) is 5.75 Å². The van der Waals surface area contributed by atoms with Crippen molar-refractivity contribution in [3.63, 3.8) is 0 Å². The zero-order chi connectivity index (χ0) is 12.1. The quantitative estimate of drug-likeness (QED) is 0.621. The van der Waals surface area contributed by atoms with Crippen LogP contribution in [0.25, 0.3) is 0 Å². The maximum absolute atomic E-state index is 11.2. The van der Waals surface area contributed by atoms with E-state index < -0.39 is 11.1 Å². The average molecular weight is 306 g/mol. The van der Waals surface area contributed by atoms with Crippen LogP contribution in [0.3, 0.4) is 0 Å². The van der Waals surface area contributed by atoms with E-state index >= 15 is 0 Å². The molecule has 1 aromatic rings. The molecule has 0 aliphatic carbocycles. The van der Waals surface area contributed by atoms with Crippen LogP contribution in [0.2, 0.25) is 0 Å². The zero-order valence-electron chi connectivity index (χ0n) is 9.23. The van der Waals surface area contributed by atoms with Crippen molar-refractivity contribution in [2.45, 2.75) is 24.7 Å². The second kappa shape index (κ2) is 6.37. The summed E-state index contributed by atoms with van der Waals surface area (Å²) in [6, 6.07) is 5.31. The van der Waals surface area contributed by atoms with E-state index in [1.807, 2.05) is 26.0 Å². The fourth-order valence-electron chi connectivity index (χ4n) is 1.43. The topological polar surface area (TPSA) is 49.4 Å². The van der Waals surface area contributed by atoms with Gasteiger partial charge in [0.2, 0.25) is 0 Å². The highest BCUT2D eigenvalue weighted by molar-refractivity contribution is 9.09. The smallest absolute Gasteiger partial charge is 0.134 e. The Balaban J connectivity index is 3.16. The molecular formula is C11H14BrO3S-. The monoisotopic (exact) mass is 305 g/mol. The van der Waals surface area contributed by atoms with Crippen molar-refractivity contribution < 1.29 is 13.5 Å². The van der Waals surface area contributed by atoms with Crippen molar-refractivity contribution in [3.05, 3.63) is 23.8 Å². The first-order valence-electron chi connectivity index (χ1n) is 4.98. The Hall–Kier alpha value is -0.390. The summed E-state index contributed by atoms with van der Waals surface area (Å²) in [6.07, 6.45) is 0. The minimum Gasteiger partial charge on any atom is -0.768 e. The van der Waals surface area contributed by atoms with E-state index in [1.165, 1.54) is 0 Å². The Morgan fingerprint density at radius 2 is 2.19 bits per heavy atom. The number of alkyl halides is 1. The first-order valence-corrected chi connectivity index (χ1v) is 7.18. The van der Waals surface area contributed by atoms with Gasteiger partial charge in [-0.1, -0.05) is 41.9 Å². The number of hydrogen-bond donors (Lipinski definition) is 0. The first kappa shape index (κ1) is 13.7. The Kier molecular flexibility index (Phi) is 5.44. The maximum atomic E-state index is 11.2. The predicted molar refractivity (Wildman–Crippen MR) is 67.0 cm³/mol. The van der Waals surface area contributed by atoms with Crippen LogP contribution in [0.1, 0.15) is 25.3 Å². The molecule has 0 N–H and O–H groups in total. The van der Waals surface area contributed by atoms with Crippen LogP contribution in [0.15, 0.2) is 23.1 Å². The zero-order valence-corrected chi connectivity index (χ0v) is 11.6. The van der Waals surface area contributed by atoms with Gasteiger partial charge in [-0.25, -0.2) is 0 Å². The molecule has 3 nitrogen and oxygen atoms in total. The molecule has 1 unspecified atom stereocenters. The van der Waals surface area contributed by atoms with Gasteiger partial charge in [0.25, 0.3) is 0 Å². The molecule has 16 heavy (non-hydrogen) atoms. The maximum Gasteiger partial charge on any atom is 0.134 e. The highest BCUT2D eigenvalue weighted by Gasteiger charge is 2.12. The lowest BCUT2D eigenvalue weighted by Gasteiger charge is -2.18. The second-order valence-electron chi connectivity index (χ2n) is 3.60. The third-order valence-corrected chi connectivity index (χ3v) is 3.23. The molecule has 0 bridgehead atoms. The van der Waals surface area contributed by atoms with Crippen molar-refractivity contribution >= 4 is 27.0 Å². The molecule has 5 heteroatoms. The summed E-state index contributed by atoms with van der Waals surface area (Å²) in [5.74, 6) is 0.583. The molecule has 0 saturated carbocycles. The lowest BCUT2D eigenvalue weighted by molar-refractivity contribution is 0.334. The summed E-state index contributed by atoms with van der Waals surface area (Å²) in [5, 5.41) is 0.670. The van der Waals surface area contributed by atoms with Crippen LogP contribution in [-0.2, 0) is 11.1 Å². The minimum atomic E-state index is -2.27. The third kappa shape index (κ3) is 3.30. The predicted octanol–water partition coefficient (Wildman–Crippen LogP) is 2.82. The molecule has 0 spiro atoms. The molecule has 1 rings (SSSR count). The van der Waals surface area contributed by atoms with Gasteiger partial charge in [-0.15, -0.1) is 0 Å². The summed E-state index contributed by atoms with van der Waals surface area (Å²) in [5.41, 5.74) is 0.792. The molecule has 0 aromatic heterocycles. The van der Waals surface area contributed by atoms with E-state index in [2.05, 4.69) is 15.9 Å². The molecule has 90 valence electrons. The van der Waals surface area contributed by atoms with Crippen LogP contribution in [-0.4, -0.2) is 20.7 Å². The normalized spacial score (nSPS) is 12.8. The van der Waals surface area contributed by atoms with E-state index in [0.29, 0.717) is 17.7 Å². The van der Waals surface area contributed by atoms with Gasteiger partial charge in [-0.2, -0.15) is 0 Å². The largest absolute Gasteiger partial charge is 0.768 e. The molecule has 0 aliphatic heterocycles. The summed E-state index contributed by atoms with van der Waals surface area (Å²) in [6.45, 7) is 4.37. The lowest BCUT2D eigenvalue weighted by atomic mass is 10.0.